The quantitative estimate of drug-likeness (QED) is 0.442. The molecule has 0 saturated carbocycles. The highest BCUT2D eigenvalue weighted by atomic mass is 16.6. The smallest absolute Gasteiger partial charge is 0.211 e. The van der Waals surface area contributed by atoms with Gasteiger partial charge in [0.05, 0.1) is 13.0 Å². The zero-order valence-electron chi connectivity index (χ0n) is 10.8. The lowest BCUT2D eigenvalue weighted by molar-refractivity contribution is -0.485. The van der Waals surface area contributed by atoms with Crippen LogP contribution in [0.3, 0.4) is 0 Å². The van der Waals surface area contributed by atoms with Crippen LogP contribution in [0.4, 0.5) is 0 Å². The highest BCUT2D eigenvalue weighted by molar-refractivity contribution is 5.60. The van der Waals surface area contributed by atoms with E-state index in [2.05, 4.69) is 0 Å². The highest BCUT2D eigenvalue weighted by Crippen LogP contribution is 2.34. The summed E-state index contributed by atoms with van der Waals surface area (Å²) in [5.41, 5.74) is -0.00798. The summed E-state index contributed by atoms with van der Waals surface area (Å²) in [4.78, 5) is 21.4. The van der Waals surface area contributed by atoms with Gasteiger partial charge in [0, 0.05) is 10.3 Å². The predicted molar refractivity (Wildman–Crippen MR) is 67.4 cm³/mol. The van der Waals surface area contributed by atoms with Gasteiger partial charge in [0.15, 0.2) is 0 Å². The maximum Gasteiger partial charge on any atom is 0.211 e. The second kappa shape index (κ2) is 5.62. The molecule has 0 heterocycles. The van der Waals surface area contributed by atoms with E-state index in [1.807, 2.05) is 0 Å². The standard InChI is InChI=1S/C13H17NO4/c1-13(2,9-15)12(8-14(16)17)10-4-6-11(18-3)7-5-10/h4-7,9,12H,8H2,1-3H3/t12-/m1/s1. The first-order valence-corrected chi connectivity index (χ1v) is 5.63. The van der Waals surface area contributed by atoms with E-state index in [9.17, 15) is 14.9 Å². The summed E-state index contributed by atoms with van der Waals surface area (Å²) in [6.07, 6.45) is 0.769. The molecule has 0 radical (unpaired) electrons. The SMILES string of the molecule is COc1ccc([C@@H](C[N+](=O)[O-])C(C)(C)C=O)cc1. The molecule has 0 aliphatic rings. The Morgan fingerprint density at radius 3 is 2.33 bits per heavy atom. The largest absolute Gasteiger partial charge is 0.497 e. The maximum absolute atomic E-state index is 11.1. The van der Waals surface area contributed by atoms with E-state index in [0.29, 0.717) is 5.75 Å². The van der Waals surface area contributed by atoms with Gasteiger partial charge in [-0.3, -0.25) is 10.1 Å². The molecule has 0 saturated heterocycles. The summed E-state index contributed by atoms with van der Waals surface area (Å²) in [5.74, 6) is 0.235. The fourth-order valence-electron chi connectivity index (χ4n) is 1.84. The molecule has 0 bridgehead atoms. The van der Waals surface area contributed by atoms with Gasteiger partial charge in [-0.05, 0) is 17.7 Å². The summed E-state index contributed by atoms with van der Waals surface area (Å²) in [6, 6.07) is 7.00. The van der Waals surface area contributed by atoms with Crippen molar-refractivity contribution in [3.05, 3.63) is 39.9 Å². The van der Waals surface area contributed by atoms with Crippen LogP contribution >= 0.6 is 0 Å². The second-order valence-corrected chi connectivity index (χ2v) is 4.78. The van der Waals surface area contributed by atoms with Crippen LogP contribution in [0.5, 0.6) is 5.75 Å². The highest BCUT2D eigenvalue weighted by Gasteiger charge is 2.34. The number of carbonyl (C=O) groups is 1. The van der Waals surface area contributed by atoms with Crippen molar-refractivity contribution in [2.75, 3.05) is 13.7 Å². The first-order chi connectivity index (χ1) is 8.40. The third-order valence-electron chi connectivity index (χ3n) is 3.05. The van der Waals surface area contributed by atoms with E-state index in [-0.39, 0.29) is 11.5 Å². The molecule has 0 aliphatic carbocycles. The molecule has 18 heavy (non-hydrogen) atoms. The van der Waals surface area contributed by atoms with Crippen LogP contribution in [-0.4, -0.2) is 24.9 Å². The molecule has 0 unspecified atom stereocenters. The van der Waals surface area contributed by atoms with Crippen molar-refractivity contribution in [2.45, 2.75) is 19.8 Å². The zero-order valence-corrected chi connectivity index (χ0v) is 10.8. The molecule has 0 spiro atoms. The van der Waals surface area contributed by atoms with E-state index >= 15 is 0 Å². The molecule has 0 aromatic heterocycles. The third-order valence-corrected chi connectivity index (χ3v) is 3.05. The molecule has 0 amide bonds. The first-order valence-electron chi connectivity index (χ1n) is 5.63. The minimum Gasteiger partial charge on any atom is -0.497 e. The van der Waals surface area contributed by atoms with E-state index in [1.54, 1.807) is 45.2 Å². The molecule has 1 aromatic rings. The van der Waals surface area contributed by atoms with Crippen LogP contribution < -0.4 is 4.74 Å². The molecule has 0 fully saturated rings. The van der Waals surface area contributed by atoms with Gasteiger partial charge >= 0.3 is 0 Å². The lowest BCUT2D eigenvalue weighted by atomic mass is 9.76. The fraction of sp³-hybridized carbons (Fsp3) is 0.462. The Hall–Kier alpha value is -1.91. The van der Waals surface area contributed by atoms with Crippen LogP contribution in [0.2, 0.25) is 0 Å². The van der Waals surface area contributed by atoms with Crippen molar-refractivity contribution in [1.29, 1.82) is 0 Å². The number of methoxy groups -OCH3 is 1. The number of hydrogen-bond donors (Lipinski definition) is 0. The number of hydrogen-bond acceptors (Lipinski definition) is 4. The number of nitrogens with zero attached hydrogens (tertiary/aromatic N) is 1. The van der Waals surface area contributed by atoms with Crippen LogP contribution in [0.25, 0.3) is 0 Å². The van der Waals surface area contributed by atoms with Crippen LogP contribution in [0.1, 0.15) is 25.3 Å². The Morgan fingerprint density at radius 2 is 1.94 bits per heavy atom. The molecule has 1 rings (SSSR count). The van der Waals surface area contributed by atoms with E-state index in [4.69, 9.17) is 4.74 Å². The monoisotopic (exact) mass is 251 g/mol. The Bertz CT molecular complexity index is 425. The average molecular weight is 251 g/mol. The van der Waals surface area contributed by atoms with E-state index in [1.165, 1.54) is 0 Å². The third kappa shape index (κ3) is 3.29. The van der Waals surface area contributed by atoms with Gasteiger partial charge in [-0.25, -0.2) is 0 Å². The molecule has 1 atom stereocenters. The second-order valence-electron chi connectivity index (χ2n) is 4.78. The van der Waals surface area contributed by atoms with Gasteiger partial charge < -0.3 is 9.53 Å². The van der Waals surface area contributed by atoms with Gasteiger partial charge in [-0.1, -0.05) is 26.0 Å². The van der Waals surface area contributed by atoms with Crippen molar-refractivity contribution >= 4 is 6.29 Å². The zero-order chi connectivity index (χ0) is 13.8. The number of rotatable bonds is 6. The van der Waals surface area contributed by atoms with Gasteiger partial charge in [0.25, 0.3) is 0 Å². The van der Waals surface area contributed by atoms with Gasteiger partial charge in [-0.2, -0.15) is 0 Å². The summed E-state index contributed by atoms with van der Waals surface area (Å²) in [7, 11) is 1.55. The number of ether oxygens (including phenoxy) is 1. The summed E-state index contributed by atoms with van der Waals surface area (Å²) in [6.45, 7) is 3.15. The van der Waals surface area contributed by atoms with E-state index in [0.717, 1.165) is 11.8 Å². The van der Waals surface area contributed by atoms with Crippen molar-refractivity contribution in [3.63, 3.8) is 0 Å². The molecule has 98 valence electrons. The topological polar surface area (TPSA) is 69.4 Å². The van der Waals surface area contributed by atoms with E-state index < -0.39 is 11.3 Å². The lowest BCUT2D eigenvalue weighted by Crippen LogP contribution is -2.29. The summed E-state index contributed by atoms with van der Waals surface area (Å²) in [5, 5.41) is 10.7. The summed E-state index contributed by atoms with van der Waals surface area (Å²) < 4.78 is 5.04. The minimum absolute atomic E-state index is 0.266. The molecule has 0 N–H and O–H groups in total. The number of aldehydes is 1. The van der Waals surface area contributed by atoms with Crippen LogP contribution in [0.15, 0.2) is 24.3 Å². The van der Waals surface area contributed by atoms with Crippen molar-refractivity contribution in [3.8, 4) is 5.75 Å². The average Bonchev–Trinajstić information content (AvgIpc) is 2.36. The number of benzene rings is 1. The van der Waals surface area contributed by atoms with Crippen molar-refractivity contribution in [1.82, 2.24) is 0 Å². The maximum atomic E-state index is 11.1. The Labute approximate surface area is 106 Å². The Balaban J connectivity index is 3.08. The Morgan fingerprint density at radius 1 is 1.39 bits per heavy atom. The number of nitro groups is 1. The van der Waals surface area contributed by atoms with Crippen LogP contribution in [0, 0.1) is 15.5 Å². The molecule has 1 aromatic carbocycles. The van der Waals surface area contributed by atoms with Crippen molar-refractivity contribution < 1.29 is 14.5 Å². The fourth-order valence-corrected chi connectivity index (χ4v) is 1.84. The minimum atomic E-state index is -0.776. The molecule has 5 nitrogen and oxygen atoms in total. The Kier molecular flexibility index (Phi) is 4.42. The van der Waals surface area contributed by atoms with Gasteiger partial charge in [0.1, 0.15) is 12.0 Å². The summed E-state index contributed by atoms with van der Waals surface area (Å²) >= 11 is 0. The normalized spacial score (nSPS) is 12.8. The molecule has 5 heteroatoms. The van der Waals surface area contributed by atoms with Crippen molar-refractivity contribution in [2.24, 2.45) is 5.41 Å². The predicted octanol–water partition coefficient (Wildman–Crippen LogP) is 2.28. The lowest BCUT2D eigenvalue weighted by Gasteiger charge is -2.26. The molecule has 0 aliphatic heterocycles. The molecular weight excluding hydrogens is 234 g/mol. The van der Waals surface area contributed by atoms with Gasteiger partial charge in [-0.15, -0.1) is 0 Å². The first kappa shape index (κ1) is 14.2. The van der Waals surface area contributed by atoms with Crippen LogP contribution in [-0.2, 0) is 4.79 Å². The molecular formula is C13H17NO4. The van der Waals surface area contributed by atoms with Gasteiger partial charge in [0.2, 0.25) is 6.54 Å². The number of carbonyl (C=O) groups excluding carboxylic acids is 1.